The Kier molecular flexibility index (Phi) is 7.48. The third kappa shape index (κ3) is 5.50. The van der Waals surface area contributed by atoms with E-state index in [0.717, 1.165) is 29.1 Å². The van der Waals surface area contributed by atoms with Crippen molar-refractivity contribution < 1.29 is 4.79 Å². The number of ketones is 1. The van der Waals surface area contributed by atoms with E-state index >= 15 is 0 Å². The standard InChI is InChI=1S/C33H33N3O/c1-35(2)23-29-31(25-15-7-3-8-16-25)30(33(37)27-19-11-5-12-20-27)24-36(34-28-21-13-6-14-22-28)32(29)26-17-9-4-10-18-26/h3-22,30-31,34H,23-24H2,1-2H3/t30-,31+/m0/s1. The number of rotatable bonds is 8. The van der Waals surface area contributed by atoms with E-state index in [2.05, 4.69) is 90.1 Å². The van der Waals surface area contributed by atoms with Gasteiger partial charge in [-0.05, 0) is 42.9 Å². The van der Waals surface area contributed by atoms with Crippen molar-refractivity contribution in [1.29, 1.82) is 0 Å². The first-order chi connectivity index (χ1) is 18.1. The van der Waals surface area contributed by atoms with Gasteiger partial charge < -0.3 is 4.90 Å². The molecule has 0 unspecified atom stereocenters. The molecule has 4 nitrogen and oxygen atoms in total. The Bertz CT molecular complexity index is 1340. The van der Waals surface area contributed by atoms with Crippen molar-refractivity contribution in [1.82, 2.24) is 9.91 Å². The number of nitrogens with one attached hydrogen (secondary N) is 1. The van der Waals surface area contributed by atoms with Gasteiger partial charge in [0.2, 0.25) is 0 Å². The smallest absolute Gasteiger partial charge is 0.168 e. The van der Waals surface area contributed by atoms with Gasteiger partial charge in [0.05, 0.1) is 23.8 Å². The van der Waals surface area contributed by atoms with E-state index < -0.39 is 0 Å². The number of anilines is 1. The zero-order valence-electron chi connectivity index (χ0n) is 21.4. The SMILES string of the molecule is CN(C)CC1=C(c2ccccc2)N(Nc2ccccc2)C[C@H](C(=O)c2ccccc2)[C@@H]1c1ccccc1. The zero-order valence-corrected chi connectivity index (χ0v) is 21.4. The summed E-state index contributed by atoms with van der Waals surface area (Å²) in [6, 6.07) is 40.9. The summed E-state index contributed by atoms with van der Waals surface area (Å²) < 4.78 is 0. The molecule has 0 spiro atoms. The van der Waals surface area contributed by atoms with Crippen LogP contribution in [0.5, 0.6) is 0 Å². The molecule has 0 saturated carbocycles. The third-order valence-corrected chi connectivity index (χ3v) is 6.86. The van der Waals surface area contributed by atoms with Gasteiger partial charge in [-0.25, -0.2) is 0 Å². The van der Waals surface area contributed by atoms with E-state index in [1.165, 1.54) is 11.1 Å². The second-order valence-corrected chi connectivity index (χ2v) is 9.79. The maximum atomic E-state index is 14.2. The molecule has 4 heteroatoms. The molecule has 4 aromatic carbocycles. The van der Waals surface area contributed by atoms with E-state index in [9.17, 15) is 4.79 Å². The summed E-state index contributed by atoms with van der Waals surface area (Å²) in [6.07, 6.45) is 0. The van der Waals surface area contributed by atoms with Crippen molar-refractivity contribution in [3.05, 3.63) is 144 Å². The highest BCUT2D eigenvalue weighted by Crippen LogP contribution is 2.44. The van der Waals surface area contributed by atoms with Crippen LogP contribution >= 0.6 is 0 Å². The molecule has 1 N–H and O–H groups in total. The minimum absolute atomic E-state index is 0.0552. The summed E-state index contributed by atoms with van der Waals surface area (Å²) in [5.74, 6) is -0.151. The molecule has 1 aliphatic heterocycles. The molecule has 1 aliphatic rings. The first-order valence-electron chi connectivity index (χ1n) is 12.8. The molecule has 0 aromatic heterocycles. The molecule has 0 radical (unpaired) electrons. The Balaban J connectivity index is 1.73. The summed E-state index contributed by atoms with van der Waals surface area (Å²) >= 11 is 0. The molecule has 5 rings (SSSR count). The first-order valence-corrected chi connectivity index (χ1v) is 12.8. The molecule has 1 heterocycles. The number of carbonyl (C=O) groups excluding carboxylic acids is 1. The van der Waals surface area contributed by atoms with Crippen LogP contribution in [-0.2, 0) is 0 Å². The molecule has 0 aliphatic carbocycles. The molecule has 0 fully saturated rings. The lowest BCUT2D eigenvalue weighted by atomic mass is 9.73. The maximum absolute atomic E-state index is 14.2. The van der Waals surface area contributed by atoms with Crippen LogP contribution in [0.3, 0.4) is 0 Å². The monoisotopic (exact) mass is 487 g/mol. The normalized spacial score (nSPS) is 17.6. The lowest BCUT2D eigenvalue weighted by molar-refractivity contribution is 0.0878. The highest BCUT2D eigenvalue weighted by atomic mass is 16.1. The number of nitrogens with zero attached hydrogens (tertiary/aromatic N) is 2. The van der Waals surface area contributed by atoms with Crippen LogP contribution in [-0.4, -0.2) is 42.9 Å². The number of carbonyl (C=O) groups is 1. The topological polar surface area (TPSA) is 35.6 Å². The Labute approximate surface area is 219 Å². The average Bonchev–Trinajstić information content (AvgIpc) is 2.94. The fourth-order valence-electron chi connectivity index (χ4n) is 5.32. The molecule has 0 bridgehead atoms. The summed E-state index contributed by atoms with van der Waals surface area (Å²) in [4.78, 5) is 16.4. The number of hydrogen-bond acceptors (Lipinski definition) is 4. The van der Waals surface area contributed by atoms with E-state index in [0.29, 0.717) is 6.54 Å². The number of para-hydroxylation sites is 1. The van der Waals surface area contributed by atoms with Crippen molar-refractivity contribution in [2.45, 2.75) is 5.92 Å². The predicted octanol–water partition coefficient (Wildman–Crippen LogP) is 6.58. The van der Waals surface area contributed by atoms with Crippen LogP contribution in [0.2, 0.25) is 0 Å². The van der Waals surface area contributed by atoms with Gasteiger partial charge in [-0.15, -0.1) is 0 Å². The average molecular weight is 488 g/mol. The molecular formula is C33H33N3O. The highest BCUT2D eigenvalue weighted by molar-refractivity contribution is 5.99. The van der Waals surface area contributed by atoms with Crippen LogP contribution in [0.25, 0.3) is 5.70 Å². The summed E-state index contributed by atoms with van der Waals surface area (Å²) in [7, 11) is 4.19. The Hall–Kier alpha value is -4.15. The van der Waals surface area contributed by atoms with Gasteiger partial charge in [0.25, 0.3) is 0 Å². The predicted molar refractivity (Wildman–Crippen MR) is 152 cm³/mol. The first kappa shape index (κ1) is 24.5. The van der Waals surface area contributed by atoms with Crippen molar-refractivity contribution in [3.63, 3.8) is 0 Å². The fraction of sp³-hybridized carbons (Fsp3) is 0.182. The number of hydrazine groups is 1. The van der Waals surface area contributed by atoms with Crippen LogP contribution in [0.15, 0.2) is 127 Å². The molecule has 0 amide bonds. The van der Waals surface area contributed by atoms with Gasteiger partial charge >= 0.3 is 0 Å². The van der Waals surface area contributed by atoms with Crippen molar-refractivity contribution in [3.8, 4) is 0 Å². The lowest BCUT2D eigenvalue weighted by Gasteiger charge is -2.44. The Morgan fingerprint density at radius 3 is 1.92 bits per heavy atom. The van der Waals surface area contributed by atoms with Gasteiger partial charge in [0.1, 0.15) is 0 Å². The number of likely N-dealkylation sites (N-methyl/N-ethyl adjacent to an activating group) is 1. The molecule has 0 saturated heterocycles. The highest BCUT2D eigenvalue weighted by Gasteiger charge is 2.41. The number of benzene rings is 4. The van der Waals surface area contributed by atoms with Crippen LogP contribution in [0.4, 0.5) is 5.69 Å². The minimum Gasteiger partial charge on any atom is -0.305 e. The summed E-state index contributed by atoms with van der Waals surface area (Å²) in [6.45, 7) is 1.28. The number of Topliss-reactive ketones (excluding diaryl/α,β-unsaturated/α-hetero) is 1. The summed E-state index contributed by atoms with van der Waals surface area (Å²) in [5.41, 5.74) is 10.0. The van der Waals surface area contributed by atoms with Crippen LogP contribution < -0.4 is 5.43 Å². The van der Waals surface area contributed by atoms with E-state index in [4.69, 9.17) is 0 Å². The van der Waals surface area contributed by atoms with E-state index in [-0.39, 0.29) is 17.6 Å². The van der Waals surface area contributed by atoms with E-state index in [1.54, 1.807) is 0 Å². The Morgan fingerprint density at radius 2 is 1.32 bits per heavy atom. The van der Waals surface area contributed by atoms with Gasteiger partial charge in [0, 0.05) is 18.0 Å². The molecular weight excluding hydrogens is 454 g/mol. The maximum Gasteiger partial charge on any atom is 0.168 e. The Morgan fingerprint density at radius 1 is 0.784 bits per heavy atom. The molecule has 4 aromatic rings. The third-order valence-electron chi connectivity index (χ3n) is 6.86. The summed E-state index contributed by atoms with van der Waals surface area (Å²) in [5, 5.41) is 2.19. The second-order valence-electron chi connectivity index (χ2n) is 9.79. The van der Waals surface area contributed by atoms with Gasteiger partial charge in [-0.1, -0.05) is 109 Å². The minimum atomic E-state index is -0.261. The number of hydrogen-bond donors (Lipinski definition) is 1. The molecule has 37 heavy (non-hydrogen) atoms. The molecule has 186 valence electrons. The van der Waals surface area contributed by atoms with Gasteiger partial charge in [-0.3, -0.25) is 15.2 Å². The van der Waals surface area contributed by atoms with Crippen molar-refractivity contribution in [2.24, 2.45) is 5.92 Å². The molecule has 2 atom stereocenters. The lowest BCUT2D eigenvalue weighted by Crippen LogP contribution is -2.45. The second kappa shape index (κ2) is 11.3. The van der Waals surface area contributed by atoms with E-state index in [1.807, 2.05) is 60.7 Å². The van der Waals surface area contributed by atoms with Gasteiger partial charge in [0.15, 0.2) is 5.78 Å². The van der Waals surface area contributed by atoms with Gasteiger partial charge in [-0.2, -0.15) is 0 Å². The van der Waals surface area contributed by atoms with Crippen LogP contribution in [0.1, 0.15) is 27.4 Å². The largest absolute Gasteiger partial charge is 0.305 e. The van der Waals surface area contributed by atoms with Crippen molar-refractivity contribution in [2.75, 3.05) is 32.6 Å². The van der Waals surface area contributed by atoms with Crippen LogP contribution in [0, 0.1) is 5.92 Å². The van der Waals surface area contributed by atoms with Crippen molar-refractivity contribution >= 4 is 17.2 Å². The quantitative estimate of drug-likeness (QED) is 0.285. The zero-order chi connectivity index (χ0) is 25.6. The fourth-order valence-corrected chi connectivity index (χ4v) is 5.32.